The molecule has 27 heavy (non-hydrogen) atoms. The first-order valence-corrected chi connectivity index (χ1v) is 9.69. The van der Waals surface area contributed by atoms with Gasteiger partial charge in [-0.05, 0) is 49.6 Å². The van der Waals surface area contributed by atoms with Crippen LogP contribution in [0.2, 0.25) is 0 Å². The average molecular weight is 579 g/mol. The van der Waals surface area contributed by atoms with E-state index in [9.17, 15) is 20.2 Å². The Morgan fingerprint density at radius 1 is 1.00 bits per heavy atom. The topological polar surface area (TPSA) is 140 Å². The molecule has 150 valence electrons. The van der Waals surface area contributed by atoms with Crippen LogP contribution >= 0.6 is 47.8 Å². The summed E-state index contributed by atoms with van der Waals surface area (Å²) in [5.74, 6) is -0.414. The van der Waals surface area contributed by atoms with Crippen molar-refractivity contribution in [2.45, 2.75) is 27.3 Å². The minimum absolute atomic E-state index is 0.188. The van der Waals surface area contributed by atoms with Gasteiger partial charge in [0.15, 0.2) is 4.60 Å². The SMILES string of the molecule is CCOCn1c(Br)nc([N+](=O)[O-])c1Br.CCOCn1cc([N+](=O)[O-])nc1Br. The summed E-state index contributed by atoms with van der Waals surface area (Å²) < 4.78 is 14.3. The molecular formula is C12H15Br3N6O6. The number of nitrogens with zero attached hydrogens (tertiary/aromatic N) is 6. The van der Waals surface area contributed by atoms with Crippen molar-refractivity contribution in [3.05, 3.63) is 40.5 Å². The number of nitro groups is 2. The highest BCUT2D eigenvalue weighted by Crippen LogP contribution is 2.28. The summed E-state index contributed by atoms with van der Waals surface area (Å²) in [6.45, 7) is 5.26. The fourth-order valence-electron chi connectivity index (χ4n) is 1.55. The van der Waals surface area contributed by atoms with Gasteiger partial charge in [0, 0.05) is 45.1 Å². The molecule has 15 heteroatoms. The van der Waals surface area contributed by atoms with Crippen molar-refractivity contribution in [1.82, 2.24) is 19.1 Å². The summed E-state index contributed by atoms with van der Waals surface area (Å²) in [6, 6.07) is 0. The van der Waals surface area contributed by atoms with Crippen LogP contribution in [0.5, 0.6) is 0 Å². The van der Waals surface area contributed by atoms with Crippen molar-refractivity contribution in [2.24, 2.45) is 0 Å². The quantitative estimate of drug-likeness (QED) is 0.340. The summed E-state index contributed by atoms with van der Waals surface area (Å²) in [4.78, 5) is 27.1. The molecule has 0 bridgehead atoms. The summed E-state index contributed by atoms with van der Waals surface area (Å²) in [7, 11) is 0. The molecule has 0 aliphatic carbocycles. The molecule has 0 saturated heterocycles. The van der Waals surface area contributed by atoms with Crippen molar-refractivity contribution in [3.8, 4) is 0 Å². The molecule has 0 aliphatic rings. The van der Waals surface area contributed by atoms with Gasteiger partial charge < -0.3 is 29.7 Å². The van der Waals surface area contributed by atoms with E-state index in [4.69, 9.17) is 9.47 Å². The molecule has 2 aromatic heterocycles. The van der Waals surface area contributed by atoms with E-state index in [1.54, 1.807) is 0 Å². The molecule has 0 spiro atoms. The first-order valence-electron chi connectivity index (χ1n) is 7.31. The van der Waals surface area contributed by atoms with Gasteiger partial charge in [-0.3, -0.25) is 9.13 Å². The van der Waals surface area contributed by atoms with Crippen molar-refractivity contribution in [3.63, 3.8) is 0 Å². The maximum Gasteiger partial charge on any atom is 0.397 e. The van der Waals surface area contributed by atoms with Gasteiger partial charge in [-0.1, -0.05) is 0 Å². The molecule has 0 amide bonds. The lowest BCUT2D eigenvalue weighted by molar-refractivity contribution is -0.390. The van der Waals surface area contributed by atoms with Gasteiger partial charge in [0.1, 0.15) is 19.7 Å². The van der Waals surface area contributed by atoms with Crippen molar-refractivity contribution >= 4 is 59.4 Å². The average Bonchev–Trinajstić information content (AvgIpc) is 3.12. The Morgan fingerprint density at radius 3 is 2.04 bits per heavy atom. The second kappa shape index (κ2) is 11.4. The van der Waals surface area contributed by atoms with E-state index >= 15 is 0 Å². The van der Waals surface area contributed by atoms with Gasteiger partial charge in [0.2, 0.25) is 0 Å². The molecular weight excluding hydrogens is 564 g/mol. The standard InChI is InChI=1S/C6H7Br2N3O3.C6H8BrN3O3/c1-2-14-3-10-4(7)5(11(12)13)9-6(10)8;1-2-13-4-9-3-5(10(11)12)8-6(9)7/h2-3H2,1H3;3H,2,4H2,1H3. The molecule has 0 aliphatic heterocycles. The molecule has 2 rings (SSSR count). The van der Waals surface area contributed by atoms with E-state index in [-0.39, 0.29) is 25.1 Å². The molecule has 0 unspecified atom stereocenters. The third-order valence-electron chi connectivity index (χ3n) is 2.78. The van der Waals surface area contributed by atoms with Gasteiger partial charge in [-0.2, -0.15) is 0 Å². The van der Waals surface area contributed by atoms with E-state index in [2.05, 4.69) is 57.8 Å². The fourth-order valence-corrected chi connectivity index (χ4v) is 3.13. The highest BCUT2D eigenvalue weighted by Gasteiger charge is 2.24. The maximum atomic E-state index is 10.5. The Hall–Kier alpha value is -1.42. The number of hydrogen-bond acceptors (Lipinski definition) is 8. The predicted molar refractivity (Wildman–Crippen MR) is 104 cm³/mol. The van der Waals surface area contributed by atoms with Crippen LogP contribution in [0.3, 0.4) is 0 Å². The summed E-state index contributed by atoms with van der Waals surface area (Å²) in [6.07, 6.45) is 1.32. The second-order valence-electron chi connectivity index (χ2n) is 4.52. The van der Waals surface area contributed by atoms with Crippen LogP contribution < -0.4 is 0 Å². The lowest BCUT2D eigenvalue weighted by Crippen LogP contribution is -2.02. The lowest BCUT2D eigenvalue weighted by Gasteiger charge is -2.02. The lowest BCUT2D eigenvalue weighted by atomic mass is 10.8. The zero-order chi connectivity index (χ0) is 20.6. The molecule has 2 heterocycles. The van der Waals surface area contributed by atoms with Crippen molar-refractivity contribution < 1.29 is 19.3 Å². The molecule has 0 saturated carbocycles. The number of aromatic nitrogens is 4. The number of ether oxygens (including phenoxy) is 2. The third kappa shape index (κ3) is 6.91. The maximum absolute atomic E-state index is 10.5. The van der Waals surface area contributed by atoms with Gasteiger partial charge >= 0.3 is 11.6 Å². The summed E-state index contributed by atoms with van der Waals surface area (Å²) in [5, 5.41) is 20.8. The Labute approximate surface area is 178 Å². The summed E-state index contributed by atoms with van der Waals surface area (Å²) in [5.41, 5.74) is 0. The minimum atomic E-state index is -0.558. The summed E-state index contributed by atoms with van der Waals surface area (Å²) >= 11 is 9.27. The smallest absolute Gasteiger partial charge is 0.361 e. The van der Waals surface area contributed by atoms with Crippen LogP contribution in [0.4, 0.5) is 11.6 Å². The van der Waals surface area contributed by atoms with Crippen LogP contribution in [-0.2, 0) is 22.9 Å². The molecule has 0 radical (unpaired) electrons. The van der Waals surface area contributed by atoms with Gasteiger partial charge in [0.05, 0.1) is 0 Å². The van der Waals surface area contributed by atoms with Crippen LogP contribution in [0.1, 0.15) is 13.8 Å². The molecule has 0 atom stereocenters. The van der Waals surface area contributed by atoms with E-state index in [0.29, 0.717) is 27.3 Å². The Bertz CT molecular complexity index is 795. The number of hydrogen-bond donors (Lipinski definition) is 0. The van der Waals surface area contributed by atoms with E-state index in [1.807, 2.05) is 13.8 Å². The first-order chi connectivity index (χ1) is 12.7. The van der Waals surface area contributed by atoms with E-state index < -0.39 is 9.85 Å². The molecule has 0 aromatic carbocycles. The molecule has 2 aromatic rings. The van der Waals surface area contributed by atoms with Crippen molar-refractivity contribution in [1.29, 1.82) is 0 Å². The number of imidazole rings is 2. The zero-order valence-electron chi connectivity index (χ0n) is 14.2. The minimum Gasteiger partial charge on any atom is -0.361 e. The van der Waals surface area contributed by atoms with Crippen LogP contribution in [0, 0.1) is 20.2 Å². The Kier molecular flexibility index (Phi) is 10.00. The Morgan fingerprint density at radius 2 is 1.59 bits per heavy atom. The van der Waals surface area contributed by atoms with Crippen LogP contribution in [-0.4, -0.2) is 42.2 Å². The highest BCUT2D eigenvalue weighted by molar-refractivity contribution is 9.11. The largest absolute Gasteiger partial charge is 0.397 e. The van der Waals surface area contributed by atoms with Crippen LogP contribution in [0.15, 0.2) is 20.3 Å². The fraction of sp³-hybridized carbons (Fsp3) is 0.500. The predicted octanol–water partition coefficient (Wildman–Crippen LogP) is 3.86. The molecule has 0 fully saturated rings. The van der Waals surface area contributed by atoms with E-state index in [1.165, 1.54) is 15.3 Å². The zero-order valence-corrected chi connectivity index (χ0v) is 18.9. The van der Waals surface area contributed by atoms with Crippen molar-refractivity contribution in [2.75, 3.05) is 13.2 Å². The van der Waals surface area contributed by atoms with E-state index in [0.717, 1.165) is 0 Å². The molecule has 12 nitrogen and oxygen atoms in total. The Balaban J connectivity index is 0.000000271. The number of halogens is 3. The number of rotatable bonds is 8. The molecule has 0 N–H and O–H groups in total. The first kappa shape index (κ1) is 23.6. The second-order valence-corrected chi connectivity index (χ2v) is 6.69. The van der Waals surface area contributed by atoms with Gasteiger partial charge in [0.25, 0.3) is 9.47 Å². The van der Waals surface area contributed by atoms with Gasteiger partial charge in [-0.15, -0.1) is 0 Å². The monoisotopic (exact) mass is 576 g/mol. The van der Waals surface area contributed by atoms with Crippen LogP contribution in [0.25, 0.3) is 0 Å². The normalized spacial score (nSPS) is 10.4. The van der Waals surface area contributed by atoms with Gasteiger partial charge in [-0.25, -0.2) is 0 Å². The third-order valence-corrected chi connectivity index (χ3v) is 4.80. The highest BCUT2D eigenvalue weighted by atomic mass is 79.9.